The average molecular weight is 478 g/mol. The van der Waals surface area contributed by atoms with Crippen LogP contribution in [0, 0.1) is 5.41 Å². The molecule has 1 saturated heterocycles. The van der Waals surface area contributed by atoms with E-state index in [-0.39, 0.29) is 28.9 Å². The molecule has 0 bridgehead atoms. The van der Waals surface area contributed by atoms with Gasteiger partial charge in [-0.15, -0.1) is 24.0 Å². The minimum absolute atomic E-state index is 0. The van der Waals surface area contributed by atoms with Crippen molar-refractivity contribution in [2.24, 2.45) is 10.4 Å². The molecule has 1 saturated carbocycles. The molecule has 1 aliphatic carbocycles. The molecule has 6 nitrogen and oxygen atoms in total. The van der Waals surface area contributed by atoms with Crippen molar-refractivity contribution in [3.63, 3.8) is 0 Å². The topological polar surface area (TPSA) is 73.8 Å². The Morgan fingerprint density at radius 3 is 2.40 bits per heavy atom. The molecular formula is C17H27IN4O2S. The van der Waals surface area contributed by atoms with Gasteiger partial charge >= 0.3 is 0 Å². The first-order valence-electron chi connectivity index (χ1n) is 8.46. The fraction of sp³-hybridized carbons (Fsp3) is 0.588. The summed E-state index contributed by atoms with van der Waals surface area (Å²) in [5.41, 5.74) is 1.57. The molecule has 2 N–H and O–H groups in total. The minimum Gasteiger partial charge on any atom is -0.352 e. The highest BCUT2D eigenvalue weighted by Crippen LogP contribution is 2.47. The van der Waals surface area contributed by atoms with Gasteiger partial charge in [-0.05, 0) is 49.4 Å². The van der Waals surface area contributed by atoms with E-state index in [1.807, 2.05) is 19.2 Å². The van der Waals surface area contributed by atoms with Crippen LogP contribution in [-0.2, 0) is 16.6 Å². The zero-order valence-electron chi connectivity index (χ0n) is 14.8. The maximum Gasteiger partial charge on any atom is 0.240 e. The van der Waals surface area contributed by atoms with E-state index in [1.54, 1.807) is 12.1 Å². The number of benzene rings is 1. The van der Waals surface area contributed by atoms with Crippen molar-refractivity contribution in [3.8, 4) is 0 Å². The summed E-state index contributed by atoms with van der Waals surface area (Å²) in [5, 5.41) is 3.40. The number of aliphatic imine (C=N–C) groups is 1. The molecule has 2 fully saturated rings. The van der Waals surface area contributed by atoms with Crippen LogP contribution in [0.5, 0.6) is 0 Å². The quantitative estimate of drug-likeness (QED) is 0.395. The van der Waals surface area contributed by atoms with Crippen LogP contribution in [0.1, 0.15) is 31.2 Å². The first-order valence-corrected chi connectivity index (χ1v) is 9.94. The second-order valence-electron chi connectivity index (χ2n) is 6.78. The van der Waals surface area contributed by atoms with Crippen LogP contribution in [0.4, 0.5) is 0 Å². The van der Waals surface area contributed by atoms with Gasteiger partial charge in [0, 0.05) is 26.7 Å². The van der Waals surface area contributed by atoms with Crippen molar-refractivity contribution in [3.05, 3.63) is 29.8 Å². The summed E-state index contributed by atoms with van der Waals surface area (Å²) in [6, 6.07) is 6.93. The fourth-order valence-corrected chi connectivity index (χ4v) is 4.35. The third kappa shape index (κ3) is 4.46. The summed E-state index contributed by atoms with van der Waals surface area (Å²) in [5.74, 6) is 0.936. The van der Waals surface area contributed by atoms with Crippen LogP contribution in [0.2, 0.25) is 0 Å². The number of nitrogens with one attached hydrogen (secondary N) is 2. The van der Waals surface area contributed by atoms with E-state index in [2.05, 4.69) is 19.9 Å². The van der Waals surface area contributed by atoms with E-state index >= 15 is 0 Å². The fourth-order valence-electron chi connectivity index (χ4n) is 3.62. The number of guanidine groups is 1. The van der Waals surface area contributed by atoms with Gasteiger partial charge in [-0.2, -0.15) is 0 Å². The number of rotatable bonds is 4. The van der Waals surface area contributed by atoms with E-state index in [0.717, 1.165) is 24.6 Å². The molecule has 2 aliphatic rings. The van der Waals surface area contributed by atoms with Crippen LogP contribution >= 0.6 is 24.0 Å². The van der Waals surface area contributed by atoms with Gasteiger partial charge in [0.2, 0.25) is 10.0 Å². The molecule has 140 valence electrons. The molecule has 0 aromatic heterocycles. The van der Waals surface area contributed by atoms with Crippen molar-refractivity contribution in [1.82, 2.24) is 14.9 Å². The molecule has 1 heterocycles. The van der Waals surface area contributed by atoms with Gasteiger partial charge in [-0.25, -0.2) is 13.1 Å². The van der Waals surface area contributed by atoms with Gasteiger partial charge in [-0.1, -0.05) is 18.6 Å². The normalized spacial score (nSPS) is 19.4. The van der Waals surface area contributed by atoms with Crippen molar-refractivity contribution >= 4 is 40.0 Å². The highest BCUT2D eigenvalue weighted by atomic mass is 127. The lowest BCUT2D eigenvalue weighted by Gasteiger charge is -2.38. The third-order valence-electron chi connectivity index (χ3n) is 5.32. The number of nitrogens with zero attached hydrogens (tertiary/aromatic N) is 2. The Bertz CT molecular complexity index is 715. The summed E-state index contributed by atoms with van der Waals surface area (Å²) >= 11 is 0. The van der Waals surface area contributed by atoms with Crippen molar-refractivity contribution < 1.29 is 8.42 Å². The summed E-state index contributed by atoms with van der Waals surface area (Å²) in [6.45, 7) is 2.81. The monoisotopic (exact) mass is 478 g/mol. The smallest absolute Gasteiger partial charge is 0.240 e. The summed E-state index contributed by atoms with van der Waals surface area (Å²) in [4.78, 5) is 7.03. The predicted molar refractivity (Wildman–Crippen MR) is 111 cm³/mol. The van der Waals surface area contributed by atoms with Crippen LogP contribution in [0.15, 0.2) is 34.2 Å². The second-order valence-corrected chi connectivity index (χ2v) is 8.66. The Hall–Kier alpha value is -0.870. The lowest BCUT2D eigenvalue weighted by molar-refractivity contribution is 0.151. The maximum absolute atomic E-state index is 11.7. The molecule has 0 atom stereocenters. The standard InChI is InChI=1S/C17H26N4O2S.HI/c1-18-16(21-11-10-17(13-21)8-3-9-17)20-12-14-4-6-15(7-5-14)24(22,23)19-2;/h4-7,19H,3,8-13H2,1-2H3,(H,18,20);1H. The molecule has 0 unspecified atom stereocenters. The molecule has 8 heteroatoms. The van der Waals surface area contributed by atoms with E-state index in [9.17, 15) is 8.42 Å². The van der Waals surface area contributed by atoms with Gasteiger partial charge in [-0.3, -0.25) is 4.99 Å². The van der Waals surface area contributed by atoms with Gasteiger partial charge in [0.05, 0.1) is 4.90 Å². The Morgan fingerprint density at radius 1 is 1.24 bits per heavy atom. The largest absolute Gasteiger partial charge is 0.352 e. The van der Waals surface area contributed by atoms with E-state index in [4.69, 9.17) is 0 Å². The van der Waals surface area contributed by atoms with E-state index in [0.29, 0.717) is 12.0 Å². The van der Waals surface area contributed by atoms with Crippen LogP contribution in [-0.4, -0.2) is 46.5 Å². The number of hydrogen-bond acceptors (Lipinski definition) is 3. The summed E-state index contributed by atoms with van der Waals surface area (Å²) < 4.78 is 25.8. The summed E-state index contributed by atoms with van der Waals surface area (Å²) in [7, 11) is -0.143. The second kappa shape index (κ2) is 8.22. The molecule has 3 rings (SSSR count). The van der Waals surface area contributed by atoms with Crippen molar-refractivity contribution in [1.29, 1.82) is 0 Å². The Morgan fingerprint density at radius 2 is 1.92 bits per heavy atom. The lowest BCUT2D eigenvalue weighted by Crippen LogP contribution is -2.42. The molecule has 0 radical (unpaired) electrons. The number of likely N-dealkylation sites (tertiary alicyclic amines) is 1. The molecule has 1 spiro atoms. The minimum atomic E-state index is -3.38. The highest BCUT2D eigenvalue weighted by Gasteiger charge is 2.43. The summed E-state index contributed by atoms with van der Waals surface area (Å²) in [6.07, 6.45) is 5.33. The highest BCUT2D eigenvalue weighted by molar-refractivity contribution is 14.0. The molecule has 1 aliphatic heterocycles. The van der Waals surface area contributed by atoms with Crippen LogP contribution in [0.3, 0.4) is 0 Å². The Balaban J connectivity index is 0.00000225. The van der Waals surface area contributed by atoms with Gasteiger partial charge in [0.15, 0.2) is 5.96 Å². The van der Waals surface area contributed by atoms with Gasteiger partial charge in [0.25, 0.3) is 0 Å². The maximum atomic E-state index is 11.7. The molecular weight excluding hydrogens is 451 g/mol. The van der Waals surface area contributed by atoms with Gasteiger partial charge < -0.3 is 10.2 Å². The van der Waals surface area contributed by atoms with Gasteiger partial charge in [0.1, 0.15) is 0 Å². The van der Waals surface area contributed by atoms with Crippen molar-refractivity contribution in [2.75, 3.05) is 27.2 Å². The third-order valence-corrected chi connectivity index (χ3v) is 6.75. The zero-order chi connectivity index (χ0) is 17.2. The molecule has 25 heavy (non-hydrogen) atoms. The van der Waals surface area contributed by atoms with E-state index < -0.39 is 10.0 Å². The van der Waals surface area contributed by atoms with E-state index in [1.165, 1.54) is 32.7 Å². The average Bonchev–Trinajstić information content (AvgIpc) is 3.02. The predicted octanol–water partition coefficient (Wildman–Crippen LogP) is 2.16. The number of hydrogen-bond donors (Lipinski definition) is 2. The molecule has 0 amide bonds. The Kier molecular flexibility index (Phi) is 6.72. The first-order chi connectivity index (χ1) is 11.5. The molecule has 1 aromatic carbocycles. The lowest BCUT2D eigenvalue weighted by atomic mass is 9.68. The number of sulfonamides is 1. The van der Waals surface area contributed by atoms with Crippen LogP contribution < -0.4 is 10.0 Å². The van der Waals surface area contributed by atoms with Crippen LogP contribution in [0.25, 0.3) is 0 Å². The molecule has 1 aromatic rings. The number of halogens is 1. The SMILES string of the molecule is CN=C(NCc1ccc(S(=O)(=O)NC)cc1)N1CCC2(CCC2)C1.I. The first kappa shape index (κ1) is 20.4. The zero-order valence-corrected chi connectivity index (χ0v) is 17.9. The van der Waals surface area contributed by atoms with Crippen molar-refractivity contribution in [2.45, 2.75) is 37.1 Å². The Labute approximate surface area is 167 Å².